The van der Waals surface area contributed by atoms with E-state index in [0.29, 0.717) is 17.1 Å². The van der Waals surface area contributed by atoms with E-state index in [1.54, 1.807) is 19.2 Å². The highest BCUT2D eigenvalue weighted by atomic mass is 35.5. The van der Waals surface area contributed by atoms with E-state index in [0.717, 1.165) is 18.7 Å². The molecule has 0 aliphatic rings. The molecular formula is C13H19ClN2O. The lowest BCUT2D eigenvalue weighted by atomic mass is 10.1. The van der Waals surface area contributed by atoms with Gasteiger partial charge in [0, 0.05) is 30.8 Å². The minimum atomic E-state index is 0.0289. The van der Waals surface area contributed by atoms with Gasteiger partial charge < -0.3 is 10.2 Å². The summed E-state index contributed by atoms with van der Waals surface area (Å²) < 4.78 is 0. The number of carbonyl (C=O) groups is 1. The summed E-state index contributed by atoms with van der Waals surface area (Å²) in [6.45, 7) is 5.53. The Morgan fingerprint density at radius 1 is 1.41 bits per heavy atom. The van der Waals surface area contributed by atoms with Crippen molar-refractivity contribution < 1.29 is 4.79 Å². The van der Waals surface area contributed by atoms with Crippen molar-refractivity contribution in [2.75, 3.05) is 25.5 Å². The monoisotopic (exact) mass is 254 g/mol. The fraction of sp³-hybridized carbons (Fsp3) is 0.462. The summed E-state index contributed by atoms with van der Waals surface area (Å²) >= 11 is 5.94. The van der Waals surface area contributed by atoms with Crippen LogP contribution in [0.3, 0.4) is 0 Å². The van der Waals surface area contributed by atoms with Crippen molar-refractivity contribution in [3.8, 4) is 0 Å². The van der Waals surface area contributed by atoms with Crippen LogP contribution in [0.2, 0.25) is 5.02 Å². The first-order chi connectivity index (χ1) is 8.13. The second-order valence-electron chi connectivity index (χ2n) is 3.82. The van der Waals surface area contributed by atoms with Gasteiger partial charge in [-0.3, -0.25) is 4.79 Å². The van der Waals surface area contributed by atoms with Gasteiger partial charge >= 0.3 is 0 Å². The quantitative estimate of drug-likeness (QED) is 0.875. The first-order valence-electron chi connectivity index (χ1n) is 5.90. The van der Waals surface area contributed by atoms with E-state index in [1.165, 1.54) is 0 Å². The van der Waals surface area contributed by atoms with Gasteiger partial charge in [-0.2, -0.15) is 0 Å². The molecule has 1 aromatic rings. The molecule has 0 heterocycles. The number of halogens is 1. The number of carbonyl (C=O) groups excluding carboxylic acids is 1. The number of anilines is 1. The van der Waals surface area contributed by atoms with Crippen LogP contribution in [0.15, 0.2) is 18.2 Å². The summed E-state index contributed by atoms with van der Waals surface area (Å²) in [6, 6.07) is 5.32. The van der Waals surface area contributed by atoms with Gasteiger partial charge in [-0.15, -0.1) is 0 Å². The summed E-state index contributed by atoms with van der Waals surface area (Å²) in [5, 5.41) is 3.60. The molecule has 0 bridgehead atoms. The molecule has 17 heavy (non-hydrogen) atoms. The lowest BCUT2D eigenvalue weighted by Gasteiger charge is -2.21. The summed E-state index contributed by atoms with van der Waals surface area (Å²) in [7, 11) is 1.80. The molecule has 4 heteroatoms. The van der Waals surface area contributed by atoms with E-state index in [-0.39, 0.29) is 5.91 Å². The number of nitrogens with one attached hydrogen (secondary N) is 1. The van der Waals surface area contributed by atoms with Crippen LogP contribution in [0.4, 0.5) is 5.69 Å². The Hall–Kier alpha value is -1.22. The van der Waals surface area contributed by atoms with Crippen LogP contribution in [0, 0.1) is 0 Å². The van der Waals surface area contributed by atoms with Crippen molar-refractivity contribution in [2.24, 2.45) is 0 Å². The third-order valence-electron chi connectivity index (χ3n) is 2.64. The molecule has 3 nitrogen and oxygen atoms in total. The van der Waals surface area contributed by atoms with Gasteiger partial charge in [0.25, 0.3) is 5.91 Å². The molecule has 0 fully saturated rings. The van der Waals surface area contributed by atoms with E-state index >= 15 is 0 Å². The smallest absolute Gasteiger partial charge is 0.255 e. The molecule has 0 unspecified atom stereocenters. The number of hydrogen-bond acceptors (Lipinski definition) is 2. The third-order valence-corrected chi connectivity index (χ3v) is 2.88. The lowest BCUT2D eigenvalue weighted by molar-refractivity contribution is 0.0765. The lowest BCUT2D eigenvalue weighted by Crippen LogP contribution is -2.32. The van der Waals surface area contributed by atoms with Gasteiger partial charge in [-0.1, -0.05) is 18.5 Å². The van der Waals surface area contributed by atoms with Crippen molar-refractivity contribution in [1.82, 2.24) is 4.90 Å². The summed E-state index contributed by atoms with van der Waals surface area (Å²) in [5.41, 5.74) is 1.45. The molecule has 1 N–H and O–H groups in total. The highest BCUT2D eigenvalue weighted by Gasteiger charge is 2.16. The highest BCUT2D eigenvalue weighted by molar-refractivity contribution is 6.31. The molecule has 0 saturated carbocycles. The third kappa shape index (κ3) is 3.37. The zero-order valence-corrected chi connectivity index (χ0v) is 11.3. The van der Waals surface area contributed by atoms with E-state index in [1.807, 2.05) is 17.9 Å². The van der Waals surface area contributed by atoms with Gasteiger partial charge in [-0.25, -0.2) is 0 Å². The highest BCUT2D eigenvalue weighted by Crippen LogP contribution is 2.22. The zero-order valence-electron chi connectivity index (χ0n) is 10.6. The minimum absolute atomic E-state index is 0.0289. The van der Waals surface area contributed by atoms with E-state index in [9.17, 15) is 4.79 Å². The second kappa shape index (κ2) is 6.50. The van der Waals surface area contributed by atoms with Gasteiger partial charge in [0.2, 0.25) is 0 Å². The van der Waals surface area contributed by atoms with Gasteiger partial charge in [-0.05, 0) is 31.5 Å². The number of hydrogen-bond donors (Lipinski definition) is 1. The number of amides is 1. The molecule has 0 aliphatic carbocycles. The molecule has 0 radical (unpaired) electrons. The Morgan fingerprint density at radius 3 is 2.65 bits per heavy atom. The predicted octanol–water partition coefficient (Wildman–Crippen LogP) is 3.25. The molecule has 0 atom stereocenters. The number of benzene rings is 1. The molecule has 0 aliphatic heterocycles. The van der Waals surface area contributed by atoms with Gasteiger partial charge in [0.1, 0.15) is 0 Å². The molecule has 94 valence electrons. The first kappa shape index (κ1) is 13.8. The fourth-order valence-electron chi connectivity index (χ4n) is 1.75. The van der Waals surface area contributed by atoms with Gasteiger partial charge in [0.15, 0.2) is 0 Å². The van der Waals surface area contributed by atoms with Crippen LogP contribution in [-0.4, -0.2) is 30.9 Å². The van der Waals surface area contributed by atoms with Crippen LogP contribution in [0.25, 0.3) is 0 Å². The summed E-state index contributed by atoms with van der Waals surface area (Å²) in [6.07, 6.45) is 0.953. The maximum atomic E-state index is 12.3. The van der Waals surface area contributed by atoms with Crippen LogP contribution >= 0.6 is 11.6 Å². The van der Waals surface area contributed by atoms with E-state index in [4.69, 9.17) is 11.6 Å². The van der Waals surface area contributed by atoms with Crippen molar-refractivity contribution in [3.05, 3.63) is 28.8 Å². The summed E-state index contributed by atoms with van der Waals surface area (Å²) in [5.74, 6) is 0.0289. The van der Waals surface area contributed by atoms with Crippen molar-refractivity contribution in [1.29, 1.82) is 0 Å². The van der Waals surface area contributed by atoms with E-state index < -0.39 is 0 Å². The SMILES string of the molecule is CCCN(CC)C(=O)c1cc(Cl)ccc1NC. The van der Waals surface area contributed by atoms with Crippen LogP contribution < -0.4 is 5.32 Å². The molecule has 0 spiro atoms. The van der Waals surface area contributed by atoms with Crippen LogP contribution in [0.5, 0.6) is 0 Å². The number of rotatable bonds is 5. The average molecular weight is 255 g/mol. The average Bonchev–Trinajstić information content (AvgIpc) is 2.35. The zero-order chi connectivity index (χ0) is 12.8. The predicted molar refractivity (Wildman–Crippen MR) is 72.9 cm³/mol. The largest absolute Gasteiger partial charge is 0.387 e. The normalized spacial score (nSPS) is 10.1. The van der Waals surface area contributed by atoms with Crippen molar-refractivity contribution in [2.45, 2.75) is 20.3 Å². The topological polar surface area (TPSA) is 32.3 Å². The van der Waals surface area contributed by atoms with Crippen LogP contribution in [-0.2, 0) is 0 Å². The summed E-state index contributed by atoms with van der Waals surface area (Å²) in [4.78, 5) is 14.2. The standard InChI is InChI=1S/C13H19ClN2O/c1-4-8-16(5-2)13(17)11-9-10(14)6-7-12(11)15-3/h6-7,9,15H,4-5,8H2,1-3H3. The minimum Gasteiger partial charge on any atom is -0.387 e. The van der Waals surface area contributed by atoms with Crippen molar-refractivity contribution >= 4 is 23.2 Å². The van der Waals surface area contributed by atoms with Crippen LogP contribution in [0.1, 0.15) is 30.6 Å². The Kier molecular flexibility index (Phi) is 5.29. The second-order valence-corrected chi connectivity index (χ2v) is 4.26. The Balaban J connectivity index is 3.04. The maximum absolute atomic E-state index is 12.3. The molecule has 0 saturated heterocycles. The maximum Gasteiger partial charge on any atom is 0.255 e. The number of nitrogens with zero attached hydrogens (tertiary/aromatic N) is 1. The molecule has 1 rings (SSSR count). The molecule has 1 amide bonds. The molecule has 1 aromatic carbocycles. The van der Waals surface area contributed by atoms with Gasteiger partial charge in [0.05, 0.1) is 5.56 Å². The Bertz CT molecular complexity index is 393. The van der Waals surface area contributed by atoms with E-state index in [2.05, 4.69) is 12.2 Å². The molecule has 0 aromatic heterocycles. The fourth-order valence-corrected chi connectivity index (χ4v) is 1.93. The first-order valence-corrected chi connectivity index (χ1v) is 6.28. The Labute approximate surface area is 108 Å². The van der Waals surface area contributed by atoms with Crippen molar-refractivity contribution in [3.63, 3.8) is 0 Å². The Morgan fingerprint density at radius 2 is 2.12 bits per heavy atom. The molecular weight excluding hydrogens is 236 g/mol.